The second-order valence-corrected chi connectivity index (χ2v) is 3.72. The van der Waals surface area contributed by atoms with E-state index in [1.165, 1.54) is 0 Å². The van der Waals surface area contributed by atoms with E-state index in [1.54, 1.807) is 0 Å². The first-order valence-corrected chi connectivity index (χ1v) is 5.40. The van der Waals surface area contributed by atoms with Crippen LogP contribution in [0.5, 0.6) is 0 Å². The van der Waals surface area contributed by atoms with Gasteiger partial charge in [0.2, 0.25) is 0 Å². The first-order chi connectivity index (χ1) is 6.83. The van der Waals surface area contributed by atoms with Gasteiger partial charge in [0.1, 0.15) is 0 Å². The van der Waals surface area contributed by atoms with E-state index in [4.69, 9.17) is 9.47 Å². The number of nitrogens with one attached hydrogen (secondary N) is 1. The minimum Gasteiger partial charge on any atom is -0.389 e. The van der Waals surface area contributed by atoms with Crippen LogP contribution in [0.25, 0.3) is 0 Å². The molecule has 4 heteroatoms. The van der Waals surface area contributed by atoms with Crippen molar-refractivity contribution in [2.45, 2.75) is 31.9 Å². The molecule has 1 atom stereocenters. The topological polar surface area (TPSA) is 50.7 Å². The minimum atomic E-state index is -0.396. The van der Waals surface area contributed by atoms with Crippen molar-refractivity contribution < 1.29 is 14.6 Å². The minimum absolute atomic E-state index is 0.396. The van der Waals surface area contributed by atoms with E-state index in [0.29, 0.717) is 19.2 Å². The monoisotopic (exact) mass is 203 g/mol. The largest absolute Gasteiger partial charge is 0.389 e. The molecule has 1 saturated heterocycles. The Hall–Kier alpha value is -0.160. The second-order valence-electron chi connectivity index (χ2n) is 3.72. The highest BCUT2D eigenvalue weighted by atomic mass is 16.5. The number of aliphatic hydroxyl groups is 1. The molecular formula is C10H21NO3. The summed E-state index contributed by atoms with van der Waals surface area (Å²) in [5, 5.41) is 12.7. The summed E-state index contributed by atoms with van der Waals surface area (Å²) in [6.45, 7) is 5.44. The van der Waals surface area contributed by atoms with Crippen molar-refractivity contribution in [1.82, 2.24) is 5.32 Å². The van der Waals surface area contributed by atoms with Crippen LogP contribution in [0.15, 0.2) is 0 Å². The number of aliphatic hydroxyl groups excluding tert-OH is 1. The van der Waals surface area contributed by atoms with Gasteiger partial charge in [0, 0.05) is 13.2 Å². The van der Waals surface area contributed by atoms with E-state index in [0.717, 1.165) is 32.7 Å². The van der Waals surface area contributed by atoms with Gasteiger partial charge in [0.25, 0.3) is 0 Å². The molecule has 0 bridgehead atoms. The molecule has 1 fully saturated rings. The lowest BCUT2D eigenvalue weighted by Crippen LogP contribution is -2.48. The molecule has 0 aromatic carbocycles. The predicted molar refractivity (Wildman–Crippen MR) is 54.3 cm³/mol. The van der Waals surface area contributed by atoms with Crippen molar-refractivity contribution in [2.75, 3.05) is 33.0 Å². The standard InChI is InChI=1S/C10H21NO3/c1-2-3-4-13-8-10(12)5-11-9-6-14-7-9/h9-12H,2-8H2,1H3. The average molecular weight is 203 g/mol. The van der Waals surface area contributed by atoms with E-state index in [-0.39, 0.29) is 0 Å². The normalized spacial score (nSPS) is 19.3. The Labute approximate surface area is 85.6 Å². The Morgan fingerprint density at radius 2 is 2.36 bits per heavy atom. The van der Waals surface area contributed by atoms with Crippen molar-refractivity contribution in [1.29, 1.82) is 0 Å². The van der Waals surface area contributed by atoms with E-state index in [2.05, 4.69) is 12.2 Å². The van der Waals surface area contributed by atoms with Gasteiger partial charge in [0.15, 0.2) is 0 Å². The van der Waals surface area contributed by atoms with Crippen molar-refractivity contribution in [3.8, 4) is 0 Å². The van der Waals surface area contributed by atoms with Crippen LogP contribution in [0.2, 0.25) is 0 Å². The molecule has 0 radical (unpaired) electrons. The number of unbranched alkanes of at least 4 members (excludes halogenated alkanes) is 1. The van der Waals surface area contributed by atoms with Crippen LogP contribution in [0.4, 0.5) is 0 Å². The summed E-state index contributed by atoms with van der Waals surface area (Å²) < 4.78 is 10.3. The molecular weight excluding hydrogens is 182 g/mol. The second kappa shape index (κ2) is 7.17. The summed E-state index contributed by atoms with van der Waals surface area (Å²) in [6, 6.07) is 0.431. The van der Waals surface area contributed by atoms with E-state index >= 15 is 0 Å². The SMILES string of the molecule is CCCCOCC(O)CNC1COC1. The fourth-order valence-corrected chi connectivity index (χ4v) is 1.18. The zero-order valence-electron chi connectivity index (χ0n) is 8.87. The Balaban J connectivity index is 1.84. The van der Waals surface area contributed by atoms with Crippen LogP contribution in [0.3, 0.4) is 0 Å². The molecule has 0 spiro atoms. The maximum absolute atomic E-state index is 9.49. The van der Waals surface area contributed by atoms with Gasteiger partial charge in [-0.05, 0) is 6.42 Å². The third kappa shape index (κ3) is 4.91. The van der Waals surface area contributed by atoms with E-state index in [1.807, 2.05) is 0 Å². The number of rotatable bonds is 8. The van der Waals surface area contributed by atoms with Gasteiger partial charge in [-0.25, -0.2) is 0 Å². The highest BCUT2D eigenvalue weighted by Gasteiger charge is 2.18. The van der Waals surface area contributed by atoms with Gasteiger partial charge in [-0.2, -0.15) is 0 Å². The zero-order chi connectivity index (χ0) is 10.2. The maximum atomic E-state index is 9.49. The first-order valence-electron chi connectivity index (χ1n) is 5.40. The van der Waals surface area contributed by atoms with Gasteiger partial charge in [0.05, 0.1) is 32.0 Å². The molecule has 1 aliphatic heterocycles. The fraction of sp³-hybridized carbons (Fsp3) is 1.00. The van der Waals surface area contributed by atoms with Crippen LogP contribution < -0.4 is 5.32 Å². The smallest absolute Gasteiger partial charge is 0.0897 e. The van der Waals surface area contributed by atoms with Gasteiger partial charge < -0.3 is 19.9 Å². The van der Waals surface area contributed by atoms with Gasteiger partial charge >= 0.3 is 0 Å². The zero-order valence-corrected chi connectivity index (χ0v) is 8.87. The molecule has 2 N–H and O–H groups in total. The first kappa shape index (κ1) is 11.9. The highest BCUT2D eigenvalue weighted by Crippen LogP contribution is 1.99. The van der Waals surface area contributed by atoms with Crippen LogP contribution in [0, 0.1) is 0 Å². The van der Waals surface area contributed by atoms with Gasteiger partial charge in [-0.15, -0.1) is 0 Å². The number of hydrogen-bond acceptors (Lipinski definition) is 4. The molecule has 0 aromatic heterocycles. The summed E-state index contributed by atoms with van der Waals surface area (Å²) >= 11 is 0. The van der Waals surface area contributed by atoms with Crippen molar-refractivity contribution in [3.05, 3.63) is 0 Å². The maximum Gasteiger partial charge on any atom is 0.0897 e. The quantitative estimate of drug-likeness (QED) is 0.551. The molecule has 14 heavy (non-hydrogen) atoms. The number of ether oxygens (including phenoxy) is 2. The lowest BCUT2D eigenvalue weighted by atomic mass is 10.2. The summed E-state index contributed by atoms with van der Waals surface area (Å²) in [6.07, 6.45) is 1.80. The van der Waals surface area contributed by atoms with Crippen molar-refractivity contribution >= 4 is 0 Å². The Morgan fingerprint density at radius 1 is 1.57 bits per heavy atom. The van der Waals surface area contributed by atoms with Crippen molar-refractivity contribution in [3.63, 3.8) is 0 Å². The molecule has 0 saturated carbocycles. The Kier molecular flexibility index (Phi) is 6.10. The molecule has 84 valence electrons. The van der Waals surface area contributed by atoms with Crippen LogP contribution >= 0.6 is 0 Å². The van der Waals surface area contributed by atoms with E-state index < -0.39 is 6.10 Å². The molecule has 1 heterocycles. The summed E-state index contributed by atoms with van der Waals surface area (Å²) in [7, 11) is 0. The average Bonchev–Trinajstić information content (AvgIpc) is 2.10. The third-order valence-electron chi connectivity index (χ3n) is 2.23. The summed E-state index contributed by atoms with van der Waals surface area (Å²) in [5.41, 5.74) is 0. The number of hydrogen-bond donors (Lipinski definition) is 2. The van der Waals surface area contributed by atoms with Crippen LogP contribution in [-0.2, 0) is 9.47 Å². The predicted octanol–water partition coefficient (Wildman–Crippen LogP) is 0.152. The summed E-state index contributed by atoms with van der Waals surface area (Å²) in [5.74, 6) is 0. The van der Waals surface area contributed by atoms with Gasteiger partial charge in [-0.3, -0.25) is 0 Å². The summed E-state index contributed by atoms with van der Waals surface area (Å²) in [4.78, 5) is 0. The van der Waals surface area contributed by atoms with E-state index in [9.17, 15) is 5.11 Å². The Bertz CT molecular complexity index is 139. The molecule has 4 nitrogen and oxygen atoms in total. The Morgan fingerprint density at radius 3 is 2.93 bits per heavy atom. The molecule has 0 amide bonds. The molecule has 0 aliphatic carbocycles. The highest BCUT2D eigenvalue weighted by molar-refractivity contribution is 4.74. The molecule has 1 unspecified atom stereocenters. The molecule has 0 aromatic rings. The lowest BCUT2D eigenvalue weighted by Gasteiger charge is -2.27. The van der Waals surface area contributed by atoms with Crippen LogP contribution in [-0.4, -0.2) is 50.2 Å². The lowest BCUT2D eigenvalue weighted by molar-refractivity contribution is -0.0171. The van der Waals surface area contributed by atoms with Crippen LogP contribution in [0.1, 0.15) is 19.8 Å². The fourth-order valence-electron chi connectivity index (χ4n) is 1.18. The molecule has 1 aliphatic rings. The van der Waals surface area contributed by atoms with Crippen molar-refractivity contribution in [2.24, 2.45) is 0 Å². The molecule has 1 rings (SSSR count). The van der Waals surface area contributed by atoms with Gasteiger partial charge in [-0.1, -0.05) is 13.3 Å². The third-order valence-corrected chi connectivity index (χ3v) is 2.23.